The van der Waals surface area contributed by atoms with E-state index in [0.717, 1.165) is 15.7 Å². The zero-order valence-corrected chi connectivity index (χ0v) is 13.9. The molecule has 0 saturated carbocycles. The van der Waals surface area contributed by atoms with Gasteiger partial charge in [0.25, 0.3) is 11.1 Å². The number of hydrogen-bond acceptors (Lipinski definition) is 4. The van der Waals surface area contributed by atoms with Crippen molar-refractivity contribution in [3.05, 3.63) is 80.2 Å². The SMILES string of the molecule is CN(C)c1ccc(/C=c2/[nH]c3nc4ccccc4c(=O)n3c2=O)cc1. The molecule has 25 heavy (non-hydrogen) atoms. The number of para-hydroxylation sites is 1. The Balaban J connectivity index is 1.95. The molecule has 0 bridgehead atoms. The Kier molecular flexibility index (Phi) is 3.39. The smallest absolute Gasteiger partial charge is 0.284 e. The highest BCUT2D eigenvalue weighted by atomic mass is 16.2. The van der Waals surface area contributed by atoms with Crippen LogP contribution in [0.4, 0.5) is 5.69 Å². The summed E-state index contributed by atoms with van der Waals surface area (Å²) in [5.41, 5.74) is 1.75. The summed E-state index contributed by atoms with van der Waals surface area (Å²) in [5.74, 6) is 0.255. The quantitative estimate of drug-likeness (QED) is 0.598. The van der Waals surface area contributed by atoms with Gasteiger partial charge in [0.2, 0.25) is 5.78 Å². The first-order valence-corrected chi connectivity index (χ1v) is 7.87. The van der Waals surface area contributed by atoms with Crippen molar-refractivity contribution in [1.82, 2.24) is 14.4 Å². The molecule has 6 nitrogen and oxygen atoms in total. The van der Waals surface area contributed by atoms with Gasteiger partial charge in [-0.15, -0.1) is 0 Å². The number of H-pyrrole nitrogens is 1. The van der Waals surface area contributed by atoms with Gasteiger partial charge in [0.05, 0.1) is 10.9 Å². The van der Waals surface area contributed by atoms with Gasteiger partial charge in [0.15, 0.2) is 0 Å². The van der Waals surface area contributed by atoms with Gasteiger partial charge in [-0.05, 0) is 35.9 Å². The molecule has 4 rings (SSSR count). The van der Waals surface area contributed by atoms with Crippen molar-refractivity contribution < 1.29 is 0 Å². The summed E-state index contributed by atoms with van der Waals surface area (Å²) in [6, 6.07) is 14.8. The largest absolute Gasteiger partial charge is 0.378 e. The van der Waals surface area contributed by atoms with Crippen molar-refractivity contribution in [2.24, 2.45) is 0 Å². The lowest BCUT2D eigenvalue weighted by atomic mass is 10.2. The maximum Gasteiger partial charge on any atom is 0.284 e. The lowest BCUT2D eigenvalue weighted by Gasteiger charge is -2.11. The Hall–Kier alpha value is -3.41. The Morgan fingerprint density at radius 3 is 2.44 bits per heavy atom. The molecule has 0 aliphatic rings. The molecule has 0 saturated heterocycles. The number of fused-ring (bicyclic) bond motifs is 2. The van der Waals surface area contributed by atoms with E-state index >= 15 is 0 Å². The van der Waals surface area contributed by atoms with Gasteiger partial charge < -0.3 is 9.88 Å². The van der Waals surface area contributed by atoms with Crippen molar-refractivity contribution in [2.75, 3.05) is 19.0 Å². The molecule has 124 valence electrons. The maximum atomic E-state index is 12.6. The third-order valence-corrected chi connectivity index (χ3v) is 4.18. The first-order chi connectivity index (χ1) is 12.0. The molecule has 0 atom stereocenters. The highest BCUT2D eigenvalue weighted by Crippen LogP contribution is 2.12. The Bertz CT molecular complexity index is 1250. The third kappa shape index (κ3) is 2.48. The minimum atomic E-state index is -0.394. The van der Waals surface area contributed by atoms with Crippen LogP contribution >= 0.6 is 0 Å². The number of aromatic amines is 1. The van der Waals surface area contributed by atoms with E-state index in [4.69, 9.17) is 0 Å². The van der Waals surface area contributed by atoms with Crippen LogP contribution in [0, 0.1) is 0 Å². The van der Waals surface area contributed by atoms with Gasteiger partial charge in [-0.1, -0.05) is 24.3 Å². The molecule has 0 aliphatic carbocycles. The summed E-state index contributed by atoms with van der Waals surface area (Å²) in [5, 5.41) is 0.760. The van der Waals surface area contributed by atoms with Crippen LogP contribution in [0.1, 0.15) is 5.56 Å². The molecule has 0 unspecified atom stereocenters. The molecule has 2 heterocycles. The summed E-state index contributed by atoms with van der Waals surface area (Å²) in [4.78, 5) is 34.5. The molecule has 0 spiro atoms. The standard InChI is InChI=1S/C19H16N4O2/c1-22(2)13-9-7-12(8-10-13)11-16-18(25)23-17(24)14-5-3-4-6-15(14)20-19(23)21-16/h3-11H,1-2H3,(H,20,21)/b16-11+. The fourth-order valence-electron chi connectivity index (χ4n) is 2.83. The fraction of sp³-hybridized carbons (Fsp3) is 0.105. The third-order valence-electron chi connectivity index (χ3n) is 4.18. The monoisotopic (exact) mass is 332 g/mol. The van der Waals surface area contributed by atoms with E-state index in [1.807, 2.05) is 49.3 Å². The number of nitrogens with one attached hydrogen (secondary N) is 1. The Morgan fingerprint density at radius 2 is 1.72 bits per heavy atom. The van der Waals surface area contributed by atoms with E-state index in [2.05, 4.69) is 9.97 Å². The van der Waals surface area contributed by atoms with Crippen molar-refractivity contribution >= 4 is 28.4 Å². The van der Waals surface area contributed by atoms with E-state index in [-0.39, 0.29) is 11.3 Å². The van der Waals surface area contributed by atoms with E-state index < -0.39 is 5.56 Å². The predicted molar refractivity (Wildman–Crippen MR) is 99.1 cm³/mol. The number of benzene rings is 2. The molecular weight excluding hydrogens is 316 g/mol. The Labute approximate surface area is 142 Å². The molecular formula is C19H16N4O2. The Morgan fingerprint density at radius 1 is 1.00 bits per heavy atom. The molecule has 4 aromatic rings. The molecule has 0 aliphatic heterocycles. The summed E-state index contributed by atoms with van der Waals surface area (Å²) in [6.07, 6.45) is 1.72. The second-order valence-corrected chi connectivity index (χ2v) is 6.07. The predicted octanol–water partition coefficient (Wildman–Crippen LogP) is 1.15. The molecule has 0 amide bonds. The first-order valence-electron chi connectivity index (χ1n) is 7.87. The highest BCUT2D eigenvalue weighted by molar-refractivity contribution is 5.78. The zero-order chi connectivity index (χ0) is 17.6. The summed E-state index contributed by atoms with van der Waals surface area (Å²) >= 11 is 0. The van der Waals surface area contributed by atoms with Crippen LogP contribution in [0.2, 0.25) is 0 Å². The second kappa shape index (κ2) is 5.59. The zero-order valence-electron chi connectivity index (χ0n) is 13.9. The van der Waals surface area contributed by atoms with Crippen LogP contribution in [-0.4, -0.2) is 28.5 Å². The topological polar surface area (TPSA) is 70.5 Å². The van der Waals surface area contributed by atoms with Crippen molar-refractivity contribution in [3.63, 3.8) is 0 Å². The van der Waals surface area contributed by atoms with Gasteiger partial charge in [0.1, 0.15) is 5.35 Å². The summed E-state index contributed by atoms with van der Waals surface area (Å²) in [6.45, 7) is 0. The number of hydrogen-bond donors (Lipinski definition) is 1. The minimum Gasteiger partial charge on any atom is -0.378 e. The number of nitrogens with zero attached hydrogens (tertiary/aromatic N) is 3. The van der Waals surface area contributed by atoms with Gasteiger partial charge in [-0.3, -0.25) is 9.59 Å². The van der Waals surface area contributed by atoms with Crippen molar-refractivity contribution in [3.8, 4) is 0 Å². The first kappa shape index (κ1) is 15.1. The van der Waals surface area contributed by atoms with E-state index in [0.29, 0.717) is 16.3 Å². The van der Waals surface area contributed by atoms with E-state index in [1.165, 1.54) is 0 Å². The van der Waals surface area contributed by atoms with Crippen LogP contribution in [0.5, 0.6) is 0 Å². The van der Waals surface area contributed by atoms with Gasteiger partial charge >= 0.3 is 0 Å². The average Bonchev–Trinajstić information content (AvgIpc) is 2.91. The number of rotatable bonds is 2. The molecule has 2 aromatic heterocycles. The van der Waals surface area contributed by atoms with Crippen molar-refractivity contribution in [2.45, 2.75) is 0 Å². The van der Waals surface area contributed by atoms with Crippen LogP contribution in [-0.2, 0) is 0 Å². The number of anilines is 1. The number of imidazole rings is 1. The van der Waals surface area contributed by atoms with Crippen LogP contribution in [0.25, 0.3) is 22.8 Å². The van der Waals surface area contributed by atoms with Crippen LogP contribution < -0.4 is 21.4 Å². The van der Waals surface area contributed by atoms with Gasteiger partial charge in [-0.2, -0.15) is 0 Å². The lowest BCUT2D eigenvalue weighted by molar-refractivity contribution is 1.05. The summed E-state index contributed by atoms with van der Waals surface area (Å²) in [7, 11) is 3.93. The molecule has 0 radical (unpaired) electrons. The molecule has 0 fully saturated rings. The minimum absolute atomic E-state index is 0.255. The lowest BCUT2D eigenvalue weighted by Crippen LogP contribution is -2.31. The number of aromatic nitrogens is 3. The van der Waals surface area contributed by atoms with Gasteiger partial charge in [-0.25, -0.2) is 9.38 Å². The normalized spacial score (nSPS) is 12.2. The maximum absolute atomic E-state index is 12.6. The molecule has 6 heteroatoms. The van der Waals surface area contributed by atoms with E-state index in [1.54, 1.807) is 24.3 Å². The van der Waals surface area contributed by atoms with E-state index in [9.17, 15) is 9.59 Å². The molecule has 1 N–H and O–H groups in total. The van der Waals surface area contributed by atoms with Gasteiger partial charge in [0, 0.05) is 19.8 Å². The average molecular weight is 332 g/mol. The molecule has 2 aromatic carbocycles. The van der Waals surface area contributed by atoms with Crippen LogP contribution in [0.3, 0.4) is 0 Å². The summed E-state index contributed by atoms with van der Waals surface area (Å²) < 4.78 is 1.09. The second-order valence-electron chi connectivity index (χ2n) is 6.07. The highest BCUT2D eigenvalue weighted by Gasteiger charge is 2.10. The van der Waals surface area contributed by atoms with Crippen LogP contribution in [0.15, 0.2) is 58.1 Å². The van der Waals surface area contributed by atoms with Crippen molar-refractivity contribution in [1.29, 1.82) is 0 Å². The fourth-order valence-corrected chi connectivity index (χ4v) is 2.83.